The molecule has 0 aliphatic rings. The highest BCUT2D eigenvalue weighted by molar-refractivity contribution is 5.67. The zero-order chi connectivity index (χ0) is 72.9. The van der Waals surface area contributed by atoms with E-state index in [9.17, 15) is 0 Å². The van der Waals surface area contributed by atoms with Crippen molar-refractivity contribution in [3.05, 3.63) is 245 Å². The Balaban J connectivity index is 1.72. The topological polar surface area (TPSA) is 0 Å². The Hall–Kier alpha value is -6.34. The van der Waals surface area contributed by atoms with Crippen LogP contribution in [0.25, 0.3) is 0 Å². The Morgan fingerprint density at radius 3 is 0.333 bits per heavy atom. The highest BCUT2D eigenvalue weighted by atomic mass is 14.4. The maximum absolute atomic E-state index is 4.33. The first-order valence-electron chi connectivity index (χ1n) is 36.2. The van der Waals surface area contributed by atoms with Gasteiger partial charge in [0.25, 0.3) is 0 Å². The highest BCUT2D eigenvalue weighted by Crippen LogP contribution is 2.50. The predicted octanol–water partition coefficient (Wildman–Crippen LogP) is 26.0. The van der Waals surface area contributed by atoms with Crippen molar-refractivity contribution in [1.29, 1.82) is 0 Å². The Bertz CT molecular complexity index is 3290. The van der Waals surface area contributed by atoms with E-state index in [-0.39, 0.29) is 65.0 Å². The molecule has 96 heavy (non-hydrogen) atoms. The molecular formula is C96H130. The van der Waals surface area contributed by atoms with E-state index in [1.807, 2.05) is 0 Å². The second-order valence-electron chi connectivity index (χ2n) is 41.4. The van der Waals surface area contributed by atoms with Gasteiger partial charge in [0.1, 0.15) is 10.8 Å². The molecule has 0 saturated carbocycles. The number of hydrogen-bond donors (Lipinski definition) is 0. The van der Waals surface area contributed by atoms with Gasteiger partial charge >= 0.3 is 0 Å². The summed E-state index contributed by atoms with van der Waals surface area (Å²) in [4.78, 5) is 0. The van der Waals surface area contributed by atoms with E-state index in [0.29, 0.717) is 0 Å². The van der Waals surface area contributed by atoms with Gasteiger partial charge in [0, 0.05) is 11.1 Å². The lowest BCUT2D eigenvalue weighted by molar-refractivity contribution is 0.556. The fourth-order valence-corrected chi connectivity index (χ4v) is 12.7. The first kappa shape index (κ1) is 77.0. The van der Waals surface area contributed by atoms with Crippen molar-refractivity contribution in [1.82, 2.24) is 0 Å². The van der Waals surface area contributed by atoms with Crippen molar-refractivity contribution < 1.29 is 0 Å². The van der Waals surface area contributed by atoms with Crippen LogP contribution in [0.3, 0.4) is 0 Å². The van der Waals surface area contributed by atoms with Crippen LogP contribution < -0.4 is 0 Å². The van der Waals surface area contributed by atoms with Crippen molar-refractivity contribution in [2.75, 3.05) is 0 Å². The van der Waals surface area contributed by atoms with Crippen molar-refractivity contribution >= 4 is 0 Å². The molecule has 0 amide bonds. The van der Waals surface area contributed by atoms with Crippen LogP contribution in [0.15, 0.2) is 133 Å². The van der Waals surface area contributed by atoms with Crippen LogP contribution >= 0.6 is 0 Å². The van der Waals surface area contributed by atoms with Gasteiger partial charge in [-0.15, -0.1) is 0 Å². The minimum absolute atomic E-state index is 0.143. The molecule has 7 aromatic rings. The first-order chi connectivity index (χ1) is 43.0. The average molecular weight is 1280 g/mol. The summed E-state index contributed by atoms with van der Waals surface area (Å²) < 4.78 is 0. The first-order valence-corrected chi connectivity index (χ1v) is 36.2. The van der Waals surface area contributed by atoms with Crippen LogP contribution in [0.1, 0.15) is 361 Å². The molecule has 0 nitrogen and oxygen atoms in total. The highest BCUT2D eigenvalue weighted by Gasteiger charge is 2.43. The van der Waals surface area contributed by atoms with E-state index in [0.717, 1.165) is 11.1 Å². The molecule has 0 aliphatic carbocycles. The third-order valence-corrected chi connectivity index (χ3v) is 20.3. The van der Waals surface area contributed by atoms with Crippen molar-refractivity contribution in [2.24, 2.45) is 0 Å². The van der Waals surface area contributed by atoms with Gasteiger partial charge in [0.05, 0.1) is 0 Å². The largest absolute Gasteiger partial charge is 0.107 e. The normalized spacial score (nSPS) is 13.9. The predicted molar refractivity (Wildman–Crippen MR) is 423 cm³/mol. The maximum Gasteiger partial charge on any atom is 0.107 e. The van der Waals surface area contributed by atoms with Crippen LogP contribution in [-0.2, 0) is 75.8 Å². The monoisotopic (exact) mass is 1280 g/mol. The van der Waals surface area contributed by atoms with Gasteiger partial charge in [-0.2, -0.15) is 0 Å². The summed E-state index contributed by atoms with van der Waals surface area (Å²) in [5.74, 6) is 16.7. The lowest BCUT2D eigenvalue weighted by atomic mass is 9.64. The molecule has 0 unspecified atom stereocenters. The Kier molecular flexibility index (Phi) is 20.4. The van der Waals surface area contributed by atoms with Crippen LogP contribution in [0, 0.1) is 23.7 Å². The average Bonchev–Trinajstić information content (AvgIpc) is 0.729. The SMILES string of the molecule is CC(C)(C)c1cc(C(C)(C)C)cc(C(C#Cc2ccc(C#CC(c3cc(C(C)(C)C)cc(C(C)(C)C)c3)(c3cc(C(C)(C)C)cc(C(C)(C)C)c3)c3cc(C(C)(C)C)cc(C(C)(C)C)c3)cc2)(c2cc(C(C)(C)C)cc(C(C)(C)C)c2)c2cc(C(C)(C)C)cc(C(C)(C)C)c2)c1. The number of rotatable bonds is 6. The van der Waals surface area contributed by atoms with Gasteiger partial charge in [-0.25, -0.2) is 0 Å². The van der Waals surface area contributed by atoms with Crippen LogP contribution in [0.5, 0.6) is 0 Å². The van der Waals surface area contributed by atoms with Crippen molar-refractivity contribution in [2.45, 2.75) is 325 Å². The van der Waals surface area contributed by atoms with Gasteiger partial charge in [-0.05, 0) is 189 Å². The summed E-state index contributed by atoms with van der Waals surface area (Å²) in [6.45, 7) is 85.0. The second-order valence-corrected chi connectivity index (χ2v) is 41.4. The van der Waals surface area contributed by atoms with Crippen molar-refractivity contribution in [3.63, 3.8) is 0 Å². The number of hydrogen-bond acceptors (Lipinski definition) is 0. The minimum Gasteiger partial charge on any atom is -0.0765 e. The molecule has 0 aliphatic heterocycles. The number of benzene rings is 7. The van der Waals surface area contributed by atoms with Gasteiger partial charge < -0.3 is 0 Å². The lowest BCUT2D eigenvalue weighted by Crippen LogP contribution is -2.32. The van der Waals surface area contributed by atoms with Crippen LogP contribution in [0.2, 0.25) is 0 Å². The molecule has 0 saturated heterocycles. The zero-order valence-corrected chi connectivity index (χ0v) is 67.7. The van der Waals surface area contributed by atoms with Gasteiger partial charge in [-0.3, -0.25) is 0 Å². The molecule has 0 radical (unpaired) electrons. The molecule has 0 N–H and O–H groups in total. The Morgan fingerprint density at radius 1 is 0.146 bits per heavy atom. The fourth-order valence-electron chi connectivity index (χ4n) is 12.7. The molecule has 7 rings (SSSR count). The summed E-state index contributed by atoms with van der Waals surface area (Å²) in [6, 6.07) is 53.9. The lowest BCUT2D eigenvalue weighted by Gasteiger charge is -2.38. The van der Waals surface area contributed by atoms with E-state index < -0.39 is 10.8 Å². The molecule has 514 valence electrons. The molecule has 0 atom stereocenters. The molecular weight excluding hydrogens is 1150 g/mol. The van der Waals surface area contributed by atoms with Gasteiger partial charge in [0.15, 0.2) is 0 Å². The fraction of sp³-hybridized carbons (Fsp3) is 0.521. The maximum atomic E-state index is 4.33. The standard InChI is InChI=1S/C96H130/c1-83(2,3)65-45-66(84(4,5)6)52-77(51-65)95(78-53-67(85(7,8)9)46-68(54-78)86(10,11)12,79-55-69(87(13,14)15)47-70(56-79)88(16,17)18)43-41-63-37-39-64(40-38-63)42-44-96(80-57-71(89(19,20)21)48-72(58-80)90(22,23)24,81-59-73(91(25,26)27)49-74(60-81)92(28,29)30)82-61-75(93(31,32)33)50-76(62-82)94(34,35)36/h37-40,45-62H,1-36H3. The molecule has 0 spiro atoms. The summed E-state index contributed by atoms with van der Waals surface area (Å²) in [6.07, 6.45) is 0. The molecule has 0 aromatic heterocycles. The van der Waals surface area contributed by atoms with E-state index in [2.05, 4.69) is 406 Å². The summed E-state index contributed by atoms with van der Waals surface area (Å²) in [7, 11) is 0. The van der Waals surface area contributed by atoms with Gasteiger partial charge in [-0.1, -0.05) is 382 Å². The van der Waals surface area contributed by atoms with Crippen LogP contribution in [-0.4, -0.2) is 0 Å². The quantitative estimate of drug-likeness (QED) is 0.115. The van der Waals surface area contributed by atoms with E-state index >= 15 is 0 Å². The van der Waals surface area contributed by atoms with Gasteiger partial charge in [0.2, 0.25) is 0 Å². The Labute approximate surface area is 589 Å². The molecule has 0 heterocycles. The van der Waals surface area contributed by atoms with E-state index in [1.54, 1.807) is 0 Å². The Morgan fingerprint density at radius 2 is 0.240 bits per heavy atom. The summed E-state index contributed by atoms with van der Waals surface area (Å²) >= 11 is 0. The molecule has 0 bridgehead atoms. The third kappa shape index (κ3) is 17.2. The second kappa shape index (κ2) is 25.4. The summed E-state index contributed by atoms with van der Waals surface area (Å²) in [5.41, 5.74) is 21.2. The summed E-state index contributed by atoms with van der Waals surface area (Å²) in [5, 5.41) is 0. The van der Waals surface area contributed by atoms with E-state index in [1.165, 1.54) is 100 Å². The zero-order valence-electron chi connectivity index (χ0n) is 67.7. The van der Waals surface area contributed by atoms with Crippen LogP contribution in [0.4, 0.5) is 0 Å². The van der Waals surface area contributed by atoms with Crippen molar-refractivity contribution in [3.8, 4) is 23.7 Å². The smallest absolute Gasteiger partial charge is 0.0765 e. The minimum atomic E-state index is -0.934. The third-order valence-electron chi connectivity index (χ3n) is 20.3. The molecule has 0 fully saturated rings. The van der Waals surface area contributed by atoms with E-state index in [4.69, 9.17) is 0 Å². The molecule has 0 heteroatoms. The molecule has 7 aromatic carbocycles.